The second kappa shape index (κ2) is 15.8. The van der Waals surface area contributed by atoms with Crippen molar-refractivity contribution in [3.8, 4) is 22.6 Å². The summed E-state index contributed by atoms with van der Waals surface area (Å²) in [6.45, 7) is 12.7. The van der Waals surface area contributed by atoms with Crippen molar-refractivity contribution in [1.82, 2.24) is 10.2 Å². The molecule has 2 unspecified atom stereocenters. The van der Waals surface area contributed by atoms with Gasteiger partial charge in [-0.05, 0) is 81.8 Å². The molecule has 1 fully saturated rings. The van der Waals surface area contributed by atoms with E-state index in [2.05, 4.69) is 56.4 Å². The minimum absolute atomic E-state index is 0.0102. The van der Waals surface area contributed by atoms with Gasteiger partial charge in [0.2, 0.25) is 5.91 Å². The Labute approximate surface area is 321 Å². The van der Waals surface area contributed by atoms with Crippen LogP contribution in [0.1, 0.15) is 108 Å². The Morgan fingerprint density at radius 1 is 0.815 bits per heavy atom. The zero-order chi connectivity index (χ0) is 38.7. The summed E-state index contributed by atoms with van der Waals surface area (Å²) in [5.74, 6) is 0.744. The van der Waals surface area contributed by atoms with Crippen LogP contribution in [0.3, 0.4) is 0 Å². The van der Waals surface area contributed by atoms with Gasteiger partial charge >= 0.3 is 5.97 Å². The van der Waals surface area contributed by atoms with E-state index in [-0.39, 0.29) is 29.6 Å². The number of nitrogens with one attached hydrogen (secondary N) is 1. The third-order valence-corrected chi connectivity index (χ3v) is 11.2. The number of hydrogen-bond donors (Lipinski definition) is 1. The minimum Gasteiger partial charge on any atom is -0.469 e. The number of benzene rings is 4. The molecular weight excluding hydrogens is 673 g/mol. The quantitative estimate of drug-likeness (QED) is 0.164. The van der Waals surface area contributed by atoms with E-state index >= 15 is 4.79 Å². The van der Waals surface area contributed by atoms with Gasteiger partial charge in [-0.2, -0.15) is 0 Å². The summed E-state index contributed by atoms with van der Waals surface area (Å²) in [7, 11) is 1.36. The van der Waals surface area contributed by atoms with Crippen LogP contribution in [0.15, 0.2) is 97.1 Å². The largest absolute Gasteiger partial charge is 0.469 e. The molecular formula is C47H56N2O5. The number of carbonyl (C=O) groups excluding carboxylic acids is 3. The molecule has 0 aromatic heterocycles. The van der Waals surface area contributed by atoms with Gasteiger partial charge in [0, 0.05) is 12.0 Å². The Morgan fingerprint density at radius 3 is 2.06 bits per heavy atom. The lowest BCUT2D eigenvalue weighted by Gasteiger charge is -2.50. The lowest BCUT2D eigenvalue weighted by Crippen LogP contribution is -2.63. The Bertz CT molecular complexity index is 1930. The SMILES string of the molecule is COC(=O)CC(NC(=O)C1(CC2CCCC2)c2cc(Oc3ccc(C(C)(C)C)cc3)ccc2CCN1C(=O)C(C)(C)C)c1ccc(-c2ccccc2)cc1. The molecule has 2 aliphatic rings. The fourth-order valence-corrected chi connectivity index (χ4v) is 8.14. The van der Waals surface area contributed by atoms with E-state index in [4.69, 9.17) is 9.47 Å². The number of carbonyl (C=O) groups is 3. The Balaban J connectivity index is 1.45. The average Bonchev–Trinajstić information content (AvgIpc) is 3.67. The second-order valence-corrected chi connectivity index (χ2v) is 17.2. The molecule has 4 aromatic carbocycles. The smallest absolute Gasteiger partial charge is 0.307 e. The normalized spacial score (nSPS) is 18.1. The number of methoxy groups -OCH3 is 1. The highest BCUT2D eigenvalue weighted by molar-refractivity contribution is 5.95. The fourth-order valence-electron chi connectivity index (χ4n) is 8.14. The van der Waals surface area contributed by atoms with Gasteiger partial charge in [-0.25, -0.2) is 0 Å². The standard InChI is InChI=1S/C47H56N2O5/c1-45(2,3)37-22-25-38(26-23-37)54-39-24-21-35-27-28-49(44(52)46(4,5)6)47(40(35)29-39,31-32-13-11-12-14-32)43(51)48-41(30-42(50)53-7)36-19-17-34(18-20-36)33-15-9-8-10-16-33/h8-10,15-26,29,32,41H,11-14,27-28,30-31H2,1-7H3,(H,48,51). The lowest BCUT2D eigenvalue weighted by atomic mass is 9.72. The zero-order valence-electron chi connectivity index (χ0n) is 33.0. The van der Waals surface area contributed by atoms with Crippen molar-refractivity contribution in [2.45, 2.75) is 103 Å². The van der Waals surface area contributed by atoms with E-state index in [1.54, 1.807) is 0 Å². The topological polar surface area (TPSA) is 84.9 Å². The number of fused-ring (bicyclic) bond motifs is 1. The molecule has 2 amide bonds. The molecule has 2 atom stereocenters. The molecule has 4 aromatic rings. The van der Waals surface area contributed by atoms with Crippen molar-refractivity contribution < 1.29 is 23.9 Å². The highest BCUT2D eigenvalue weighted by Crippen LogP contribution is 2.47. The van der Waals surface area contributed by atoms with Crippen molar-refractivity contribution >= 4 is 17.8 Å². The molecule has 6 rings (SSSR count). The van der Waals surface area contributed by atoms with Gasteiger partial charge in [-0.3, -0.25) is 14.4 Å². The van der Waals surface area contributed by atoms with Gasteiger partial charge in [0.1, 0.15) is 17.0 Å². The predicted octanol–water partition coefficient (Wildman–Crippen LogP) is 10.1. The molecule has 0 saturated heterocycles. The summed E-state index contributed by atoms with van der Waals surface area (Å²) in [4.78, 5) is 45.0. The number of esters is 1. The van der Waals surface area contributed by atoms with Crippen molar-refractivity contribution in [3.63, 3.8) is 0 Å². The van der Waals surface area contributed by atoms with Gasteiger partial charge in [0.05, 0.1) is 19.6 Å². The van der Waals surface area contributed by atoms with Crippen LogP contribution in [0.25, 0.3) is 11.1 Å². The summed E-state index contributed by atoms with van der Waals surface area (Å²) < 4.78 is 11.6. The van der Waals surface area contributed by atoms with Crippen molar-refractivity contribution in [2.24, 2.45) is 11.3 Å². The molecule has 1 heterocycles. The molecule has 284 valence electrons. The molecule has 7 nitrogen and oxygen atoms in total. The first-order chi connectivity index (χ1) is 25.7. The summed E-state index contributed by atoms with van der Waals surface area (Å²) in [6.07, 6.45) is 5.21. The van der Waals surface area contributed by atoms with Gasteiger partial charge in [0.15, 0.2) is 0 Å². The van der Waals surface area contributed by atoms with Crippen LogP contribution in [0.2, 0.25) is 0 Å². The average molecular weight is 729 g/mol. The van der Waals surface area contributed by atoms with Crippen LogP contribution >= 0.6 is 0 Å². The van der Waals surface area contributed by atoms with Crippen molar-refractivity contribution in [1.29, 1.82) is 0 Å². The molecule has 7 heteroatoms. The first kappa shape index (κ1) is 38.8. The first-order valence-electron chi connectivity index (χ1n) is 19.5. The summed E-state index contributed by atoms with van der Waals surface area (Å²) in [5.41, 5.74) is 3.85. The highest BCUT2D eigenvalue weighted by atomic mass is 16.5. The van der Waals surface area contributed by atoms with Crippen LogP contribution in [0, 0.1) is 11.3 Å². The third-order valence-electron chi connectivity index (χ3n) is 11.2. The Hall–Kier alpha value is -4.91. The van der Waals surface area contributed by atoms with E-state index < -0.39 is 23.0 Å². The molecule has 1 aliphatic carbocycles. The highest BCUT2D eigenvalue weighted by Gasteiger charge is 2.54. The van der Waals surface area contributed by atoms with E-state index in [0.29, 0.717) is 30.9 Å². The minimum atomic E-state index is -1.33. The van der Waals surface area contributed by atoms with Crippen LogP contribution < -0.4 is 10.1 Å². The van der Waals surface area contributed by atoms with Crippen LogP contribution in [0.4, 0.5) is 0 Å². The van der Waals surface area contributed by atoms with E-state index in [9.17, 15) is 9.59 Å². The molecule has 0 spiro atoms. The van der Waals surface area contributed by atoms with Crippen LogP contribution in [-0.2, 0) is 36.5 Å². The summed E-state index contributed by atoms with van der Waals surface area (Å²) >= 11 is 0. The Kier molecular flexibility index (Phi) is 11.4. The van der Waals surface area contributed by atoms with Crippen LogP contribution in [0.5, 0.6) is 11.5 Å². The first-order valence-corrected chi connectivity index (χ1v) is 19.5. The maximum atomic E-state index is 15.6. The number of ether oxygens (including phenoxy) is 2. The van der Waals surface area contributed by atoms with Gasteiger partial charge in [-0.1, -0.05) is 140 Å². The van der Waals surface area contributed by atoms with Crippen molar-refractivity contribution in [2.75, 3.05) is 13.7 Å². The fraction of sp³-hybridized carbons (Fsp3) is 0.426. The zero-order valence-corrected chi connectivity index (χ0v) is 33.0. The maximum Gasteiger partial charge on any atom is 0.307 e. The van der Waals surface area contributed by atoms with Crippen LogP contribution in [-0.4, -0.2) is 36.3 Å². The molecule has 54 heavy (non-hydrogen) atoms. The van der Waals surface area contributed by atoms with Gasteiger partial charge in [0.25, 0.3) is 5.91 Å². The van der Waals surface area contributed by atoms with Gasteiger partial charge < -0.3 is 19.7 Å². The Morgan fingerprint density at radius 2 is 1.44 bits per heavy atom. The monoisotopic (exact) mass is 728 g/mol. The van der Waals surface area contributed by atoms with Gasteiger partial charge in [-0.15, -0.1) is 0 Å². The lowest BCUT2D eigenvalue weighted by molar-refractivity contribution is -0.158. The summed E-state index contributed by atoms with van der Waals surface area (Å²) in [5, 5.41) is 3.33. The number of amides is 2. The molecule has 1 N–H and O–H groups in total. The molecule has 1 saturated carbocycles. The third kappa shape index (κ3) is 8.41. The summed E-state index contributed by atoms with van der Waals surface area (Å²) in [6, 6.07) is 31.5. The molecule has 0 bridgehead atoms. The second-order valence-electron chi connectivity index (χ2n) is 17.2. The van der Waals surface area contributed by atoms with E-state index in [0.717, 1.165) is 53.5 Å². The number of nitrogens with zero attached hydrogens (tertiary/aromatic N) is 1. The van der Waals surface area contributed by atoms with Crippen molar-refractivity contribution in [3.05, 3.63) is 119 Å². The maximum absolute atomic E-state index is 15.6. The van der Waals surface area contributed by atoms with E-state index in [1.165, 1.54) is 12.7 Å². The number of hydrogen-bond acceptors (Lipinski definition) is 5. The number of rotatable bonds is 10. The molecule has 1 aliphatic heterocycles. The predicted molar refractivity (Wildman–Crippen MR) is 214 cm³/mol. The molecule has 0 radical (unpaired) electrons. The van der Waals surface area contributed by atoms with E-state index in [1.807, 2.05) is 92.4 Å².